The molecule has 194 valence electrons. The first kappa shape index (κ1) is 27.0. The molecular weight excluding hydrogens is 539 g/mol. The van der Waals surface area contributed by atoms with Crippen LogP contribution in [-0.2, 0) is 9.59 Å². The molecular formula is C26H24Cl2N2O6S. The molecule has 2 heterocycles. The number of halogens is 2. The molecule has 8 nitrogen and oxygen atoms in total. The van der Waals surface area contributed by atoms with E-state index in [9.17, 15) is 19.2 Å². The fraction of sp³-hybridized carbons (Fsp3) is 0.308. The average molecular weight is 563 g/mol. The van der Waals surface area contributed by atoms with E-state index in [4.69, 9.17) is 32.7 Å². The Labute approximate surface area is 228 Å². The highest BCUT2D eigenvalue weighted by Gasteiger charge is 2.37. The zero-order valence-electron chi connectivity index (χ0n) is 20.0. The molecule has 0 atom stereocenters. The number of esters is 1. The molecule has 0 unspecified atom stereocenters. The summed E-state index contributed by atoms with van der Waals surface area (Å²) < 4.78 is 11.1. The van der Waals surface area contributed by atoms with E-state index in [1.807, 2.05) is 0 Å². The standard InChI is InChI=1S/C26H24Cl2N2O6S/c1-2-35-20-13-16(12-19(28)23(20)36-25(33)17-6-8-18(27)9-7-17)14-21-24(32)30(26(34)37-21)15-22(31)29-10-4-3-5-11-29/h6-9,12-14H,2-5,10-11,15H2,1H3/b21-14-. The maximum Gasteiger partial charge on any atom is 0.343 e. The lowest BCUT2D eigenvalue weighted by molar-refractivity contribution is -0.136. The fourth-order valence-electron chi connectivity index (χ4n) is 3.94. The van der Waals surface area contributed by atoms with Crippen LogP contribution in [-0.4, -0.2) is 59.1 Å². The summed E-state index contributed by atoms with van der Waals surface area (Å²) in [6.07, 6.45) is 4.40. The Kier molecular flexibility index (Phi) is 8.79. The normalized spacial score (nSPS) is 16.9. The maximum absolute atomic E-state index is 12.9. The molecule has 0 aliphatic carbocycles. The summed E-state index contributed by atoms with van der Waals surface area (Å²) in [4.78, 5) is 53.4. The number of thioether (sulfide) groups is 1. The van der Waals surface area contributed by atoms with Gasteiger partial charge in [0.2, 0.25) is 5.91 Å². The van der Waals surface area contributed by atoms with Gasteiger partial charge in [0, 0.05) is 18.1 Å². The molecule has 0 saturated carbocycles. The summed E-state index contributed by atoms with van der Waals surface area (Å²) in [5.74, 6) is -1.21. The highest BCUT2D eigenvalue weighted by Crippen LogP contribution is 2.39. The Balaban J connectivity index is 1.53. The third kappa shape index (κ3) is 6.47. The lowest BCUT2D eigenvalue weighted by atomic mass is 10.1. The summed E-state index contributed by atoms with van der Waals surface area (Å²) in [6.45, 7) is 3.01. The van der Waals surface area contributed by atoms with Crippen LogP contribution in [0.2, 0.25) is 10.0 Å². The molecule has 3 amide bonds. The minimum Gasteiger partial charge on any atom is -0.490 e. The van der Waals surface area contributed by atoms with Crippen molar-refractivity contribution in [1.82, 2.24) is 9.80 Å². The van der Waals surface area contributed by atoms with Gasteiger partial charge in [-0.25, -0.2) is 4.79 Å². The highest BCUT2D eigenvalue weighted by molar-refractivity contribution is 8.18. The largest absolute Gasteiger partial charge is 0.490 e. The molecule has 2 aromatic rings. The summed E-state index contributed by atoms with van der Waals surface area (Å²) in [5.41, 5.74) is 0.743. The van der Waals surface area contributed by atoms with Crippen molar-refractivity contribution < 1.29 is 28.7 Å². The van der Waals surface area contributed by atoms with E-state index in [-0.39, 0.29) is 46.0 Å². The number of imide groups is 1. The van der Waals surface area contributed by atoms with Crippen molar-refractivity contribution in [3.63, 3.8) is 0 Å². The smallest absolute Gasteiger partial charge is 0.343 e. The molecule has 2 aromatic carbocycles. The average Bonchev–Trinajstić information content (AvgIpc) is 3.14. The van der Waals surface area contributed by atoms with E-state index in [0.717, 1.165) is 35.9 Å². The number of likely N-dealkylation sites (tertiary alicyclic amines) is 1. The molecule has 4 rings (SSSR count). The summed E-state index contributed by atoms with van der Waals surface area (Å²) in [7, 11) is 0. The first-order valence-electron chi connectivity index (χ1n) is 11.7. The van der Waals surface area contributed by atoms with Gasteiger partial charge in [0.1, 0.15) is 6.54 Å². The SMILES string of the molecule is CCOc1cc(/C=C2\SC(=O)N(CC(=O)N3CCCCC3)C2=O)cc(Cl)c1OC(=O)c1ccc(Cl)cc1. The number of hydrogen-bond acceptors (Lipinski definition) is 7. The lowest BCUT2D eigenvalue weighted by Gasteiger charge is -2.27. The van der Waals surface area contributed by atoms with Crippen molar-refractivity contribution in [1.29, 1.82) is 0 Å². The monoisotopic (exact) mass is 562 g/mol. The third-order valence-electron chi connectivity index (χ3n) is 5.78. The van der Waals surface area contributed by atoms with Crippen LogP contribution in [0.1, 0.15) is 42.1 Å². The first-order valence-corrected chi connectivity index (χ1v) is 13.3. The number of piperidine rings is 1. The topological polar surface area (TPSA) is 93.2 Å². The van der Waals surface area contributed by atoms with Crippen molar-refractivity contribution in [2.45, 2.75) is 26.2 Å². The van der Waals surface area contributed by atoms with Gasteiger partial charge in [-0.1, -0.05) is 23.2 Å². The number of hydrogen-bond donors (Lipinski definition) is 0. The van der Waals surface area contributed by atoms with Crippen molar-refractivity contribution in [2.75, 3.05) is 26.2 Å². The van der Waals surface area contributed by atoms with Gasteiger partial charge in [0.05, 0.1) is 22.1 Å². The molecule has 11 heteroatoms. The number of carbonyl (C=O) groups excluding carboxylic acids is 4. The zero-order chi connectivity index (χ0) is 26.5. The number of benzene rings is 2. The molecule has 0 aromatic heterocycles. The van der Waals surface area contributed by atoms with Crippen LogP contribution < -0.4 is 9.47 Å². The second kappa shape index (κ2) is 12.0. The van der Waals surface area contributed by atoms with Gasteiger partial charge < -0.3 is 14.4 Å². The van der Waals surface area contributed by atoms with Gasteiger partial charge in [0.15, 0.2) is 11.5 Å². The molecule has 2 saturated heterocycles. The zero-order valence-corrected chi connectivity index (χ0v) is 22.3. The predicted molar refractivity (Wildman–Crippen MR) is 142 cm³/mol. The van der Waals surface area contributed by atoms with Crippen LogP contribution in [0.5, 0.6) is 11.5 Å². The summed E-state index contributed by atoms with van der Waals surface area (Å²) >= 11 is 13.1. The van der Waals surface area contributed by atoms with E-state index in [1.54, 1.807) is 30.0 Å². The number of carbonyl (C=O) groups is 4. The van der Waals surface area contributed by atoms with E-state index in [2.05, 4.69) is 0 Å². The molecule has 0 N–H and O–H groups in total. The van der Waals surface area contributed by atoms with Gasteiger partial charge in [-0.3, -0.25) is 19.3 Å². The van der Waals surface area contributed by atoms with Gasteiger partial charge >= 0.3 is 5.97 Å². The molecule has 0 bridgehead atoms. The lowest BCUT2D eigenvalue weighted by Crippen LogP contribution is -2.44. The van der Waals surface area contributed by atoms with E-state index >= 15 is 0 Å². The Morgan fingerprint density at radius 2 is 1.76 bits per heavy atom. The van der Waals surface area contributed by atoms with Crippen molar-refractivity contribution in [2.24, 2.45) is 0 Å². The number of nitrogens with zero attached hydrogens (tertiary/aromatic N) is 2. The van der Waals surface area contributed by atoms with E-state index in [0.29, 0.717) is 23.7 Å². The first-order chi connectivity index (χ1) is 17.8. The fourth-order valence-corrected chi connectivity index (χ4v) is 5.16. The Morgan fingerprint density at radius 1 is 1.05 bits per heavy atom. The second-order valence-electron chi connectivity index (χ2n) is 8.37. The molecule has 0 spiro atoms. The molecule has 37 heavy (non-hydrogen) atoms. The minimum absolute atomic E-state index is 0.0286. The van der Waals surface area contributed by atoms with Crippen LogP contribution in [0.25, 0.3) is 6.08 Å². The molecule has 2 aliphatic rings. The van der Waals surface area contributed by atoms with Crippen LogP contribution in [0.3, 0.4) is 0 Å². The van der Waals surface area contributed by atoms with Crippen LogP contribution in [0.4, 0.5) is 4.79 Å². The van der Waals surface area contributed by atoms with Crippen molar-refractivity contribution >= 4 is 64.1 Å². The Hall–Kier alpha value is -3.01. The summed E-state index contributed by atoms with van der Waals surface area (Å²) in [5, 5.41) is 0.0551. The minimum atomic E-state index is -0.647. The third-order valence-corrected chi connectivity index (χ3v) is 7.22. The molecule has 2 aliphatic heterocycles. The predicted octanol–water partition coefficient (Wildman–Crippen LogP) is 5.66. The Morgan fingerprint density at radius 3 is 2.43 bits per heavy atom. The number of ether oxygens (including phenoxy) is 2. The van der Waals surface area contributed by atoms with Gasteiger partial charge in [0.25, 0.3) is 11.1 Å². The van der Waals surface area contributed by atoms with Gasteiger partial charge in [-0.15, -0.1) is 0 Å². The Bertz CT molecular complexity index is 1260. The van der Waals surface area contributed by atoms with Gasteiger partial charge in [-0.2, -0.15) is 0 Å². The van der Waals surface area contributed by atoms with E-state index < -0.39 is 17.1 Å². The van der Waals surface area contributed by atoms with Crippen molar-refractivity contribution in [3.05, 3.63) is 62.5 Å². The van der Waals surface area contributed by atoms with Crippen LogP contribution in [0, 0.1) is 0 Å². The number of rotatable bonds is 7. The number of amides is 3. The quantitative estimate of drug-likeness (QED) is 0.244. The van der Waals surface area contributed by atoms with Gasteiger partial charge in [-0.05, 0) is 86.0 Å². The molecule has 0 radical (unpaired) electrons. The molecule has 2 fully saturated rings. The van der Waals surface area contributed by atoms with Crippen molar-refractivity contribution in [3.8, 4) is 11.5 Å². The van der Waals surface area contributed by atoms with Crippen LogP contribution in [0.15, 0.2) is 41.3 Å². The highest BCUT2D eigenvalue weighted by atomic mass is 35.5. The van der Waals surface area contributed by atoms with Crippen LogP contribution >= 0.6 is 35.0 Å². The second-order valence-corrected chi connectivity index (χ2v) is 10.2. The maximum atomic E-state index is 12.9. The van der Waals surface area contributed by atoms with E-state index in [1.165, 1.54) is 24.3 Å². The summed E-state index contributed by atoms with van der Waals surface area (Å²) in [6, 6.07) is 9.26.